The molecule has 2 heterocycles. The molecular formula is C15H21N3O2S. The number of carbonyl (C=O) groups excluding carboxylic acids is 1. The first-order valence-electron chi connectivity index (χ1n) is 7.14. The molecule has 0 N–H and O–H groups in total. The van der Waals surface area contributed by atoms with Crippen LogP contribution in [0.5, 0.6) is 0 Å². The number of hydrogen-bond donors (Lipinski definition) is 0. The molecule has 2 rings (SSSR count). The first-order chi connectivity index (χ1) is 10.1. The Morgan fingerprint density at radius 3 is 2.95 bits per heavy atom. The third-order valence-corrected chi connectivity index (χ3v) is 4.81. The Bertz CT molecular complexity index is 523. The molecule has 1 fully saturated rings. The van der Waals surface area contributed by atoms with Gasteiger partial charge in [0.25, 0.3) is 0 Å². The van der Waals surface area contributed by atoms with Crippen molar-refractivity contribution in [3.05, 3.63) is 21.9 Å². The van der Waals surface area contributed by atoms with Crippen LogP contribution < -0.4 is 0 Å². The van der Waals surface area contributed by atoms with Gasteiger partial charge in [0.1, 0.15) is 10.9 Å². The topological polar surface area (TPSA) is 56.6 Å². The fourth-order valence-corrected chi connectivity index (χ4v) is 3.41. The van der Waals surface area contributed by atoms with E-state index in [2.05, 4.69) is 27.5 Å². The zero-order chi connectivity index (χ0) is 15.2. The zero-order valence-electron chi connectivity index (χ0n) is 12.5. The summed E-state index contributed by atoms with van der Waals surface area (Å²) in [5, 5.41) is 8.87. The van der Waals surface area contributed by atoms with E-state index in [1.54, 1.807) is 11.3 Å². The molecule has 21 heavy (non-hydrogen) atoms. The molecule has 0 aromatic carbocycles. The van der Waals surface area contributed by atoms with Crippen LogP contribution in [0.1, 0.15) is 23.1 Å². The van der Waals surface area contributed by atoms with E-state index in [-0.39, 0.29) is 5.97 Å². The summed E-state index contributed by atoms with van der Waals surface area (Å²) in [6.07, 6.45) is 0.458. The third kappa shape index (κ3) is 4.53. The molecule has 0 amide bonds. The van der Waals surface area contributed by atoms with Gasteiger partial charge in [0.15, 0.2) is 0 Å². The molecule has 1 aliphatic rings. The van der Waals surface area contributed by atoms with Crippen molar-refractivity contribution in [2.24, 2.45) is 0 Å². The summed E-state index contributed by atoms with van der Waals surface area (Å²) < 4.78 is 4.68. The van der Waals surface area contributed by atoms with Crippen LogP contribution in [0.3, 0.4) is 0 Å². The molecular weight excluding hydrogens is 286 g/mol. The monoisotopic (exact) mass is 307 g/mol. The molecule has 0 unspecified atom stereocenters. The lowest BCUT2D eigenvalue weighted by atomic mass is 10.2. The van der Waals surface area contributed by atoms with Gasteiger partial charge in [0, 0.05) is 43.6 Å². The quantitative estimate of drug-likeness (QED) is 0.775. The molecule has 1 aliphatic heterocycles. The normalized spacial score (nSPS) is 20.1. The number of hydrogen-bond acceptors (Lipinski definition) is 6. The Hall–Kier alpha value is -1.42. The van der Waals surface area contributed by atoms with Crippen molar-refractivity contribution in [3.8, 4) is 6.07 Å². The smallest absolute Gasteiger partial charge is 0.306 e. The zero-order valence-corrected chi connectivity index (χ0v) is 13.4. The number of ether oxygens (including phenoxy) is 1. The minimum atomic E-state index is -0.146. The van der Waals surface area contributed by atoms with Crippen LogP contribution in [0.15, 0.2) is 12.1 Å². The van der Waals surface area contributed by atoms with Gasteiger partial charge in [-0.1, -0.05) is 0 Å². The Morgan fingerprint density at radius 1 is 1.52 bits per heavy atom. The van der Waals surface area contributed by atoms with Gasteiger partial charge in [-0.25, -0.2) is 0 Å². The van der Waals surface area contributed by atoms with Crippen LogP contribution in [0, 0.1) is 11.3 Å². The Kier molecular flexibility index (Phi) is 5.74. The molecule has 1 atom stereocenters. The number of carbonyl (C=O) groups is 1. The number of nitrogens with zero attached hydrogens (tertiary/aromatic N) is 3. The summed E-state index contributed by atoms with van der Waals surface area (Å²) in [5.74, 6) is -0.146. The molecule has 0 spiro atoms. The maximum atomic E-state index is 11.2. The summed E-state index contributed by atoms with van der Waals surface area (Å²) in [4.78, 5) is 17.9. The number of piperazine rings is 1. The number of esters is 1. The lowest BCUT2D eigenvalue weighted by molar-refractivity contribution is -0.141. The summed E-state index contributed by atoms with van der Waals surface area (Å²) >= 11 is 1.57. The van der Waals surface area contributed by atoms with Crippen LogP contribution >= 0.6 is 11.3 Å². The van der Waals surface area contributed by atoms with Crippen molar-refractivity contribution in [2.45, 2.75) is 25.9 Å². The fourth-order valence-electron chi connectivity index (χ4n) is 2.58. The second kappa shape index (κ2) is 7.55. The van der Waals surface area contributed by atoms with Gasteiger partial charge in [0.05, 0.1) is 13.5 Å². The minimum Gasteiger partial charge on any atom is -0.469 e. The van der Waals surface area contributed by atoms with E-state index in [1.165, 1.54) is 12.0 Å². The first kappa shape index (κ1) is 16.0. The maximum absolute atomic E-state index is 11.2. The van der Waals surface area contributed by atoms with Crippen molar-refractivity contribution >= 4 is 17.3 Å². The Morgan fingerprint density at radius 2 is 2.33 bits per heavy atom. The van der Waals surface area contributed by atoms with E-state index < -0.39 is 0 Å². The first-order valence-corrected chi connectivity index (χ1v) is 7.96. The summed E-state index contributed by atoms with van der Waals surface area (Å²) in [5.41, 5.74) is 0. The van der Waals surface area contributed by atoms with E-state index in [9.17, 15) is 4.79 Å². The standard InChI is InChI=1S/C15H21N3O2S/c1-12-10-17(6-5-15(19)20-2)7-8-18(12)11-14-4-3-13(9-16)21-14/h3-4,12H,5-8,10-11H2,1-2H3/t12-/m0/s1. The Balaban J connectivity index is 1.81. The highest BCUT2D eigenvalue weighted by atomic mass is 32.1. The van der Waals surface area contributed by atoms with Crippen LogP contribution in [0.25, 0.3) is 0 Å². The van der Waals surface area contributed by atoms with E-state index >= 15 is 0 Å². The van der Waals surface area contributed by atoms with Gasteiger partial charge in [-0.15, -0.1) is 11.3 Å². The van der Waals surface area contributed by atoms with Gasteiger partial charge >= 0.3 is 5.97 Å². The molecule has 0 saturated carbocycles. The van der Waals surface area contributed by atoms with Crippen molar-refractivity contribution in [1.82, 2.24) is 9.80 Å². The summed E-state index contributed by atoms with van der Waals surface area (Å²) in [7, 11) is 1.43. The lowest BCUT2D eigenvalue weighted by Crippen LogP contribution is -2.51. The van der Waals surface area contributed by atoms with Crippen LogP contribution in [-0.2, 0) is 16.1 Å². The summed E-state index contributed by atoms with van der Waals surface area (Å²) in [6.45, 7) is 6.80. The highest BCUT2D eigenvalue weighted by Crippen LogP contribution is 2.20. The predicted octanol–water partition coefficient (Wildman–Crippen LogP) is 1.69. The number of rotatable bonds is 5. The van der Waals surface area contributed by atoms with Gasteiger partial charge in [-0.05, 0) is 19.1 Å². The van der Waals surface area contributed by atoms with Crippen molar-refractivity contribution in [1.29, 1.82) is 5.26 Å². The van der Waals surface area contributed by atoms with Crippen molar-refractivity contribution in [3.63, 3.8) is 0 Å². The maximum Gasteiger partial charge on any atom is 0.306 e. The van der Waals surface area contributed by atoms with E-state index in [0.29, 0.717) is 12.5 Å². The van der Waals surface area contributed by atoms with E-state index in [4.69, 9.17) is 5.26 Å². The second-order valence-corrected chi connectivity index (χ2v) is 6.49. The average Bonchev–Trinajstić information content (AvgIpc) is 2.95. The molecule has 1 aromatic heterocycles. The molecule has 0 bridgehead atoms. The largest absolute Gasteiger partial charge is 0.469 e. The molecule has 1 aromatic rings. The molecule has 0 aliphatic carbocycles. The predicted molar refractivity (Wildman–Crippen MR) is 82.0 cm³/mol. The second-order valence-electron chi connectivity index (χ2n) is 5.32. The molecule has 1 saturated heterocycles. The molecule has 114 valence electrons. The highest BCUT2D eigenvalue weighted by Gasteiger charge is 2.24. The lowest BCUT2D eigenvalue weighted by Gasteiger charge is -2.39. The van der Waals surface area contributed by atoms with E-state index in [0.717, 1.165) is 37.6 Å². The van der Waals surface area contributed by atoms with Crippen molar-refractivity contribution < 1.29 is 9.53 Å². The van der Waals surface area contributed by atoms with Gasteiger partial charge in [-0.3, -0.25) is 14.6 Å². The summed E-state index contributed by atoms with van der Waals surface area (Å²) in [6, 6.07) is 6.56. The number of methoxy groups -OCH3 is 1. The SMILES string of the molecule is COC(=O)CCN1CCN(Cc2ccc(C#N)s2)[C@@H](C)C1. The van der Waals surface area contributed by atoms with Crippen LogP contribution in [-0.4, -0.2) is 55.1 Å². The van der Waals surface area contributed by atoms with E-state index in [1.807, 2.05) is 12.1 Å². The Labute approximate surface area is 129 Å². The van der Waals surface area contributed by atoms with Crippen LogP contribution in [0.4, 0.5) is 0 Å². The molecule has 5 nitrogen and oxygen atoms in total. The van der Waals surface area contributed by atoms with Gasteiger partial charge in [-0.2, -0.15) is 5.26 Å². The fraction of sp³-hybridized carbons (Fsp3) is 0.600. The van der Waals surface area contributed by atoms with Gasteiger partial charge in [0.2, 0.25) is 0 Å². The number of nitriles is 1. The molecule has 0 radical (unpaired) electrons. The van der Waals surface area contributed by atoms with Crippen molar-refractivity contribution in [2.75, 3.05) is 33.3 Å². The van der Waals surface area contributed by atoms with Crippen LogP contribution in [0.2, 0.25) is 0 Å². The minimum absolute atomic E-state index is 0.146. The average molecular weight is 307 g/mol. The third-order valence-electron chi connectivity index (χ3n) is 3.84. The van der Waals surface area contributed by atoms with Gasteiger partial charge < -0.3 is 4.74 Å². The molecule has 6 heteroatoms. The highest BCUT2D eigenvalue weighted by molar-refractivity contribution is 7.12. The number of thiophene rings is 1.